The smallest absolute Gasteiger partial charge is 0.191 e. The maximum atomic E-state index is 4.29. The van der Waals surface area contributed by atoms with Crippen LogP contribution in [-0.4, -0.2) is 74.7 Å². The summed E-state index contributed by atoms with van der Waals surface area (Å²) in [5.74, 6) is 1.56. The molecule has 0 bridgehead atoms. The number of rotatable bonds is 7. The lowest BCUT2D eigenvalue weighted by atomic mass is 10.1. The van der Waals surface area contributed by atoms with Gasteiger partial charge in [0.05, 0.1) is 0 Å². The number of nitrogens with one attached hydrogen (secondary N) is 2. The van der Waals surface area contributed by atoms with E-state index in [4.69, 9.17) is 0 Å². The Balaban J connectivity index is 0.00000441. The molecule has 0 spiro atoms. The van der Waals surface area contributed by atoms with Gasteiger partial charge in [-0.2, -0.15) is 0 Å². The lowest BCUT2D eigenvalue weighted by Gasteiger charge is -2.35. The molecule has 1 aliphatic heterocycles. The molecule has 132 valence electrons. The number of nitrogens with zero attached hydrogens (tertiary/aromatic N) is 3. The van der Waals surface area contributed by atoms with Gasteiger partial charge in [-0.05, 0) is 25.8 Å². The lowest BCUT2D eigenvalue weighted by molar-refractivity contribution is 0.124. The minimum absolute atomic E-state index is 0. The summed E-state index contributed by atoms with van der Waals surface area (Å²) < 4.78 is 0. The summed E-state index contributed by atoms with van der Waals surface area (Å²) in [7, 11) is 1.84. The van der Waals surface area contributed by atoms with Gasteiger partial charge in [-0.15, -0.1) is 24.0 Å². The molecule has 0 aromatic carbocycles. The van der Waals surface area contributed by atoms with E-state index < -0.39 is 0 Å². The van der Waals surface area contributed by atoms with Crippen LogP contribution in [0.5, 0.6) is 0 Å². The van der Waals surface area contributed by atoms with E-state index in [0.29, 0.717) is 12.0 Å². The number of guanidine groups is 1. The summed E-state index contributed by atoms with van der Waals surface area (Å²) in [5.41, 5.74) is 0. The Morgan fingerprint density at radius 1 is 1.09 bits per heavy atom. The highest BCUT2D eigenvalue weighted by Gasteiger charge is 2.17. The normalized spacial score (nSPS) is 20.1. The molecule has 1 heterocycles. The minimum atomic E-state index is 0. The molecule has 1 rings (SSSR count). The van der Waals surface area contributed by atoms with Crippen LogP contribution in [0.2, 0.25) is 0 Å². The first kappa shape index (κ1) is 21.9. The highest BCUT2D eigenvalue weighted by molar-refractivity contribution is 14.0. The van der Waals surface area contributed by atoms with Crippen molar-refractivity contribution in [2.24, 2.45) is 10.9 Å². The Kier molecular flexibility index (Phi) is 12.3. The van der Waals surface area contributed by atoms with Gasteiger partial charge >= 0.3 is 0 Å². The first-order valence-corrected chi connectivity index (χ1v) is 8.50. The van der Waals surface area contributed by atoms with Gasteiger partial charge in [-0.3, -0.25) is 4.99 Å². The molecule has 1 aliphatic rings. The summed E-state index contributed by atoms with van der Waals surface area (Å²) in [5, 5.41) is 6.85. The van der Waals surface area contributed by atoms with E-state index in [9.17, 15) is 0 Å². The highest BCUT2D eigenvalue weighted by Crippen LogP contribution is 2.05. The molecule has 1 fully saturated rings. The monoisotopic (exact) mass is 425 g/mol. The second-order valence-corrected chi connectivity index (χ2v) is 6.25. The third kappa shape index (κ3) is 8.53. The third-order valence-electron chi connectivity index (χ3n) is 4.32. The van der Waals surface area contributed by atoms with Crippen LogP contribution in [0, 0.1) is 5.92 Å². The molecule has 2 unspecified atom stereocenters. The van der Waals surface area contributed by atoms with E-state index in [1.807, 2.05) is 7.05 Å². The maximum Gasteiger partial charge on any atom is 0.191 e. The molecule has 22 heavy (non-hydrogen) atoms. The molecule has 0 aromatic rings. The molecule has 5 nitrogen and oxygen atoms in total. The zero-order valence-electron chi connectivity index (χ0n) is 15.1. The summed E-state index contributed by atoms with van der Waals surface area (Å²) in [6, 6.07) is 0.466. The number of aliphatic imine (C=N–C) groups is 1. The molecule has 0 aliphatic carbocycles. The van der Waals surface area contributed by atoms with Crippen molar-refractivity contribution in [3.05, 3.63) is 0 Å². The SMILES string of the molecule is CCC(C)NC(=NC)NCC(C)CN1CCN(CC)CC1.I. The van der Waals surface area contributed by atoms with Crippen molar-refractivity contribution < 1.29 is 0 Å². The molecule has 0 saturated carbocycles. The summed E-state index contributed by atoms with van der Waals surface area (Å²) >= 11 is 0. The number of piperazine rings is 1. The summed E-state index contributed by atoms with van der Waals surface area (Å²) in [6.07, 6.45) is 1.11. The fraction of sp³-hybridized carbons (Fsp3) is 0.938. The molecule has 1 saturated heterocycles. The standard InChI is InChI=1S/C16H35N5.HI/c1-6-15(4)19-16(17-5)18-12-14(3)13-21-10-8-20(7-2)9-11-21;/h14-15H,6-13H2,1-5H3,(H2,17,18,19);1H. The highest BCUT2D eigenvalue weighted by atomic mass is 127. The first-order chi connectivity index (χ1) is 10.1. The zero-order valence-corrected chi connectivity index (χ0v) is 17.4. The molecule has 0 aromatic heterocycles. The Morgan fingerprint density at radius 3 is 2.18 bits per heavy atom. The van der Waals surface area contributed by atoms with Crippen molar-refractivity contribution in [1.29, 1.82) is 0 Å². The fourth-order valence-electron chi connectivity index (χ4n) is 2.59. The van der Waals surface area contributed by atoms with Crippen molar-refractivity contribution >= 4 is 29.9 Å². The number of hydrogen-bond acceptors (Lipinski definition) is 3. The Bertz CT molecular complexity index is 303. The average molecular weight is 425 g/mol. The largest absolute Gasteiger partial charge is 0.356 e. The van der Waals surface area contributed by atoms with Crippen LogP contribution in [0.3, 0.4) is 0 Å². The quantitative estimate of drug-likeness (QED) is 0.371. The Morgan fingerprint density at radius 2 is 1.68 bits per heavy atom. The third-order valence-corrected chi connectivity index (χ3v) is 4.32. The molecule has 0 radical (unpaired) electrons. The first-order valence-electron chi connectivity index (χ1n) is 8.50. The molecular formula is C16H36IN5. The van der Waals surface area contributed by atoms with Crippen molar-refractivity contribution in [2.75, 3.05) is 52.9 Å². The van der Waals surface area contributed by atoms with E-state index in [-0.39, 0.29) is 24.0 Å². The van der Waals surface area contributed by atoms with Crippen molar-refractivity contribution in [3.8, 4) is 0 Å². The van der Waals surface area contributed by atoms with Gasteiger partial charge in [0, 0.05) is 52.4 Å². The van der Waals surface area contributed by atoms with Gasteiger partial charge in [0.15, 0.2) is 5.96 Å². The van der Waals surface area contributed by atoms with E-state index in [0.717, 1.165) is 18.9 Å². The van der Waals surface area contributed by atoms with Gasteiger partial charge in [0.1, 0.15) is 0 Å². The van der Waals surface area contributed by atoms with Crippen LogP contribution in [0.4, 0.5) is 0 Å². The average Bonchev–Trinajstić information content (AvgIpc) is 2.51. The zero-order chi connectivity index (χ0) is 15.7. The molecule has 2 atom stereocenters. The second-order valence-electron chi connectivity index (χ2n) is 6.25. The number of hydrogen-bond donors (Lipinski definition) is 2. The maximum absolute atomic E-state index is 4.29. The van der Waals surface area contributed by atoms with Crippen LogP contribution < -0.4 is 10.6 Å². The molecular weight excluding hydrogens is 389 g/mol. The number of likely N-dealkylation sites (N-methyl/N-ethyl adjacent to an activating group) is 1. The Labute approximate surface area is 154 Å². The van der Waals surface area contributed by atoms with Crippen LogP contribution in [-0.2, 0) is 0 Å². The van der Waals surface area contributed by atoms with Gasteiger partial charge in [-0.1, -0.05) is 20.8 Å². The Hall–Kier alpha value is -0.0800. The van der Waals surface area contributed by atoms with Crippen molar-refractivity contribution in [3.63, 3.8) is 0 Å². The van der Waals surface area contributed by atoms with Crippen molar-refractivity contribution in [1.82, 2.24) is 20.4 Å². The lowest BCUT2D eigenvalue weighted by Crippen LogP contribution is -2.49. The molecule has 0 amide bonds. The van der Waals surface area contributed by atoms with Crippen LogP contribution in [0.15, 0.2) is 4.99 Å². The summed E-state index contributed by atoms with van der Waals surface area (Å²) in [6.45, 7) is 17.1. The van der Waals surface area contributed by atoms with Gasteiger partial charge < -0.3 is 20.4 Å². The van der Waals surface area contributed by atoms with Gasteiger partial charge in [0.25, 0.3) is 0 Å². The fourth-order valence-corrected chi connectivity index (χ4v) is 2.59. The second kappa shape index (κ2) is 12.4. The van der Waals surface area contributed by atoms with E-state index in [1.165, 1.54) is 39.3 Å². The van der Waals surface area contributed by atoms with Crippen molar-refractivity contribution in [2.45, 2.75) is 40.2 Å². The van der Waals surface area contributed by atoms with E-state index in [1.54, 1.807) is 0 Å². The predicted octanol–water partition coefficient (Wildman–Crippen LogP) is 1.84. The van der Waals surface area contributed by atoms with Crippen LogP contribution >= 0.6 is 24.0 Å². The van der Waals surface area contributed by atoms with E-state index >= 15 is 0 Å². The summed E-state index contributed by atoms with van der Waals surface area (Å²) in [4.78, 5) is 9.40. The van der Waals surface area contributed by atoms with E-state index in [2.05, 4.69) is 53.1 Å². The van der Waals surface area contributed by atoms with Gasteiger partial charge in [-0.25, -0.2) is 0 Å². The topological polar surface area (TPSA) is 42.9 Å². The van der Waals surface area contributed by atoms with Crippen LogP contribution in [0.25, 0.3) is 0 Å². The van der Waals surface area contributed by atoms with Crippen LogP contribution in [0.1, 0.15) is 34.1 Å². The molecule has 2 N–H and O–H groups in total. The van der Waals surface area contributed by atoms with Gasteiger partial charge in [0.2, 0.25) is 0 Å². The minimum Gasteiger partial charge on any atom is -0.356 e. The number of halogens is 1. The predicted molar refractivity (Wildman–Crippen MR) is 107 cm³/mol. The molecule has 6 heteroatoms.